The molecule has 30 heavy (non-hydrogen) atoms. The highest BCUT2D eigenvalue weighted by Gasteiger charge is 2.47. The zero-order valence-electron chi connectivity index (χ0n) is 15.8. The number of carbonyl (C=O) groups excluding carboxylic acids is 1. The van der Waals surface area contributed by atoms with Crippen molar-refractivity contribution < 1.29 is 23.8 Å². The second kappa shape index (κ2) is 7.90. The van der Waals surface area contributed by atoms with E-state index in [0.29, 0.717) is 11.3 Å². The zero-order chi connectivity index (χ0) is 21.1. The van der Waals surface area contributed by atoms with E-state index in [0.717, 1.165) is 11.4 Å². The van der Waals surface area contributed by atoms with Gasteiger partial charge in [0.1, 0.15) is 18.1 Å². The monoisotopic (exact) mass is 411 g/mol. The first-order valence-electron chi connectivity index (χ1n) is 9.20. The molecular formula is C20H18FN5O4. The van der Waals surface area contributed by atoms with Crippen molar-refractivity contribution in [1.29, 1.82) is 0 Å². The number of rotatable bonds is 6. The van der Waals surface area contributed by atoms with Gasteiger partial charge in [-0.05, 0) is 35.9 Å². The SMILES string of the molecule is O=C(c1cc(COc2ccc(-c3ccn[nH]3)nc2)ccn1)N1CCC(F)(C(=O)O)C1. The average molecular weight is 411 g/mol. The van der Waals surface area contributed by atoms with Crippen LogP contribution in [0, 0.1) is 0 Å². The minimum atomic E-state index is -2.41. The zero-order valence-corrected chi connectivity index (χ0v) is 15.8. The number of aromatic nitrogens is 4. The molecule has 4 heterocycles. The number of halogens is 1. The highest BCUT2D eigenvalue weighted by atomic mass is 19.1. The maximum Gasteiger partial charge on any atom is 0.343 e. The number of hydrogen-bond acceptors (Lipinski definition) is 6. The lowest BCUT2D eigenvalue weighted by Gasteiger charge is -2.17. The van der Waals surface area contributed by atoms with Gasteiger partial charge in [0, 0.05) is 25.4 Å². The van der Waals surface area contributed by atoms with E-state index in [1.54, 1.807) is 36.7 Å². The molecule has 0 radical (unpaired) electrons. The molecule has 0 spiro atoms. The number of carboxylic acid groups (broad SMARTS) is 1. The first-order valence-corrected chi connectivity index (χ1v) is 9.20. The summed E-state index contributed by atoms with van der Waals surface area (Å²) in [6, 6.07) is 8.62. The van der Waals surface area contributed by atoms with Crippen molar-refractivity contribution in [2.24, 2.45) is 0 Å². The van der Waals surface area contributed by atoms with Gasteiger partial charge in [0.05, 0.1) is 24.1 Å². The minimum absolute atomic E-state index is 0.0262. The van der Waals surface area contributed by atoms with Crippen molar-refractivity contribution in [3.8, 4) is 17.1 Å². The van der Waals surface area contributed by atoms with Crippen LogP contribution in [0.3, 0.4) is 0 Å². The van der Waals surface area contributed by atoms with E-state index in [4.69, 9.17) is 9.84 Å². The number of alkyl halides is 1. The van der Waals surface area contributed by atoms with Gasteiger partial charge >= 0.3 is 5.97 Å². The summed E-state index contributed by atoms with van der Waals surface area (Å²) in [6.07, 6.45) is 4.45. The van der Waals surface area contributed by atoms with Gasteiger partial charge < -0.3 is 14.7 Å². The minimum Gasteiger partial charge on any atom is -0.487 e. The molecule has 154 valence electrons. The third-order valence-electron chi connectivity index (χ3n) is 4.85. The number of carboxylic acids is 1. The third-order valence-corrected chi connectivity index (χ3v) is 4.85. The van der Waals surface area contributed by atoms with Gasteiger partial charge in [0.15, 0.2) is 0 Å². The van der Waals surface area contributed by atoms with E-state index in [2.05, 4.69) is 20.2 Å². The van der Waals surface area contributed by atoms with Crippen LogP contribution in [0.4, 0.5) is 4.39 Å². The molecule has 0 aromatic carbocycles. The number of amides is 1. The summed E-state index contributed by atoms with van der Waals surface area (Å²) in [5.41, 5.74) is -0.0898. The molecular weight excluding hydrogens is 393 g/mol. The molecule has 4 rings (SSSR count). The van der Waals surface area contributed by atoms with Crippen LogP contribution in [0.25, 0.3) is 11.4 Å². The topological polar surface area (TPSA) is 121 Å². The normalized spacial score (nSPS) is 18.4. The molecule has 1 aliphatic rings. The Morgan fingerprint density at radius 1 is 1.23 bits per heavy atom. The van der Waals surface area contributed by atoms with Crippen molar-refractivity contribution in [1.82, 2.24) is 25.1 Å². The summed E-state index contributed by atoms with van der Waals surface area (Å²) in [5.74, 6) is -1.52. The van der Waals surface area contributed by atoms with E-state index >= 15 is 0 Å². The largest absolute Gasteiger partial charge is 0.487 e. The fourth-order valence-corrected chi connectivity index (χ4v) is 3.15. The van der Waals surface area contributed by atoms with Gasteiger partial charge in [-0.3, -0.25) is 19.9 Å². The van der Waals surface area contributed by atoms with Gasteiger partial charge in [0.2, 0.25) is 5.67 Å². The Morgan fingerprint density at radius 2 is 2.10 bits per heavy atom. The van der Waals surface area contributed by atoms with Crippen molar-refractivity contribution in [2.75, 3.05) is 13.1 Å². The fourth-order valence-electron chi connectivity index (χ4n) is 3.15. The fraction of sp³-hybridized carbons (Fsp3) is 0.250. The number of ether oxygens (including phenoxy) is 1. The van der Waals surface area contributed by atoms with E-state index in [9.17, 15) is 14.0 Å². The van der Waals surface area contributed by atoms with Crippen LogP contribution in [0.15, 0.2) is 48.9 Å². The summed E-state index contributed by atoms with van der Waals surface area (Å²) in [6.45, 7) is -0.285. The van der Waals surface area contributed by atoms with Crippen LogP contribution in [0.5, 0.6) is 5.75 Å². The second-order valence-electron chi connectivity index (χ2n) is 6.93. The molecule has 1 amide bonds. The quantitative estimate of drug-likeness (QED) is 0.637. The highest BCUT2D eigenvalue weighted by Crippen LogP contribution is 2.27. The number of pyridine rings is 2. The van der Waals surface area contributed by atoms with Crippen LogP contribution in [0.2, 0.25) is 0 Å². The molecule has 10 heteroatoms. The van der Waals surface area contributed by atoms with Crippen LogP contribution in [0.1, 0.15) is 22.5 Å². The number of nitrogens with one attached hydrogen (secondary N) is 1. The summed E-state index contributed by atoms with van der Waals surface area (Å²) in [5, 5.41) is 15.7. The molecule has 3 aromatic rings. The smallest absolute Gasteiger partial charge is 0.343 e. The van der Waals surface area contributed by atoms with Crippen molar-refractivity contribution in [3.63, 3.8) is 0 Å². The molecule has 1 atom stereocenters. The van der Waals surface area contributed by atoms with E-state index < -0.39 is 24.1 Å². The number of likely N-dealkylation sites (tertiary alicyclic amines) is 1. The number of nitrogens with zero attached hydrogens (tertiary/aromatic N) is 4. The average Bonchev–Trinajstić information content (AvgIpc) is 3.43. The van der Waals surface area contributed by atoms with Crippen molar-refractivity contribution in [3.05, 3.63) is 60.2 Å². The maximum atomic E-state index is 14.2. The molecule has 9 nitrogen and oxygen atoms in total. The van der Waals surface area contributed by atoms with Gasteiger partial charge in [-0.1, -0.05) is 0 Å². The molecule has 3 aromatic heterocycles. The Balaban J connectivity index is 1.39. The Kier molecular flexibility index (Phi) is 5.13. The summed E-state index contributed by atoms with van der Waals surface area (Å²) in [4.78, 5) is 33.1. The number of aliphatic carboxylic acids is 1. The number of aromatic amines is 1. The van der Waals surface area contributed by atoms with Gasteiger partial charge in [0.25, 0.3) is 5.91 Å². The van der Waals surface area contributed by atoms with Gasteiger partial charge in [-0.2, -0.15) is 5.10 Å². The molecule has 0 aliphatic carbocycles. The predicted molar refractivity (Wildman–Crippen MR) is 102 cm³/mol. The summed E-state index contributed by atoms with van der Waals surface area (Å²) < 4.78 is 19.9. The first-order chi connectivity index (χ1) is 14.4. The molecule has 0 bridgehead atoms. The molecule has 1 fully saturated rings. The van der Waals surface area contributed by atoms with Crippen LogP contribution in [-0.2, 0) is 11.4 Å². The Labute approximate surface area is 170 Å². The number of H-pyrrole nitrogens is 1. The molecule has 2 N–H and O–H groups in total. The van der Waals surface area contributed by atoms with E-state index in [1.165, 1.54) is 11.1 Å². The third kappa shape index (κ3) is 3.97. The highest BCUT2D eigenvalue weighted by molar-refractivity contribution is 5.93. The van der Waals surface area contributed by atoms with Crippen LogP contribution >= 0.6 is 0 Å². The van der Waals surface area contributed by atoms with Crippen LogP contribution in [-0.4, -0.2) is 60.8 Å². The predicted octanol–water partition coefficient (Wildman–Crippen LogP) is 2.08. The Morgan fingerprint density at radius 3 is 2.77 bits per heavy atom. The molecule has 1 saturated heterocycles. The van der Waals surface area contributed by atoms with Crippen molar-refractivity contribution in [2.45, 2.75) is 18.7 Å². The Bertz CT molecular complexity index is 1060. The van der Waals surface area contributed by atoms with E-state index in [-0.39, 0.29) is 25.3 Å². The van der Waals surface area contributed by atoms with Gasteiger partial charge in [-0.15, -0.1) is 0 Å². The lowest BCUT2D eigenvalue weighted by Crippen LogP contribution is -2.39. The summed E-state index contributed by atoms with van der Waals surface area (Å²) >= 11 is 0. The molecule has 1 unspecified atom stereocenters. The number of hydrogen-bond donors (Lipinski definition) is 2. The molecule has 1 aliphatic heterocycles. The lowest BCUT2D eigenvalue weighted by atomic mass is 10.1. The summed E-state index contributed by atoms with van der Waals surface area (Å²) in [7, 11) is 0. The maximum absolute atomic E-state index is 14.2. The van der Waals surface area contributed by atoms with E-state index in [1.807, 2.05) is 6.07 Å². The van der Waals surface area contributed by atoms with Crippen LogP contribution < -0.4 is 4.74 Å². The standard InChI is InChI=1S/C20H18FN5O4/c21-20(19(28)29)5-8-26(12-20)18(27)17-9-13(3-6-22-17)11-30-14-1-2-15(23-10-14)16-4-7-24-25-16/h1-4,6-7,9-10H,5,8,11-12H2,(H,24,25)(H,28,29). The first kappa shape index (κ1) is 19.5. The Hall–Kier alpha value is -3.82. The van der Waals surface area contributed by atoms with Crippen molar-refractivity contribution >= 4 is 11.9 Å². The lowest BCUT2D eigenvalue weighted by molar-refractivity contribution is -0.149. The van der Waals surface area contributed by atoms with Gasteiger partial charge in [-0.25, -0.2) is 9.18 Å². The molecule has 0 saturated carbocycles. The second-order valence-corrected chi connectivity index (χ2v) is 6.93. The number of carbonyl (C=O) groups is 2.